The molecule has 160 valence electrons. The highest BCUT2D eigenvalue weighted by Crippen LogP contribution is 2.26. The molecule has 2 N–H and O–H groups in total. The Morgan fingerprint density at radius 3 is 1.59 bits per heavy atom. The smallest absolute Gasteiger partial charge is 0.236 e. The molecule has 0 bridgehead atoms. The van der Waals surface area contributed by atoms with E-state index < -0.39 is 0 Å². The van der Waals surface area contributed by atoms with Crippen LogP contribution < -0.4 is 10.6 Å². The Hall–Kier alpha value is -1.19. The third kappa shape index (κ3) is 11.5. The van der Waals surface area contributed by atoms with Crippen LogP contribution in [0.1, 0.15) is 103 Å². The van der Waals surface area contributed by atoms with Gasteiger partial charge in [0.2, 0.25) is 14.6 Å². The molecule has 2 aliphatic carbocycles. The van der Waals surface area contributed by atoms with Crippen molar-refractivity contribution in [2.75, 3.05) is 6.54 Å². The average Bonchev–Trinajstić information content (AvgIpc) is 2.77. The van der Waals surface area contributed by atoms with Gasteiger partial charge in [-0.1, -0.05) is 115 Å². The van der Waals surface area contributed by atoms with Crippen LogP contribution in [0, 0.1) is 0 Å². The second-order valence-electron chi connectivity index (χ2n) is 9.03. The van der Waals surface area contributed by atoms with Crippen LogP contribution in [0.4, 0.5) is 9.59 Å². The van der Waals surface area contributed by atoms with Gasteiger partial charge in [-0.25, -0.2) is 0 Å². The standard InChI is InChI=1S/C23H40B2N2O2/c1-19(27-23(29)25-21-15-9-5-2-3-6-10-16-21)17-18-26-22(28)24-20-13-11-7-4-8-12-14-20/h20-21H,1-18H2,(H,26,28)(H,27,29). The van der Waals surface area contributed by atoms with E-state index in [1.807, 2.05) is 14.6 Å². The van der Waals surface area contributed by atoms with Crippen LogP contribution in [0.25, 0.3) is 0 Å². The fourth-order valence-electron chi connectivity index (χ4n) is 4.59. The highest BCUT2D eigenvalue weighted by Gasteiger charge is 2.19. The minimum atomic E-state index is -0.0355. The van der Waals surface area contributed by atoms with Crippen molar-refractivity contribution in [1.82, 2.24) is 10.6 Å². The largest absolute Gasteiger partial charge is 0.365 e. The van der Waals surface area contributed by atoms with Crippen LogP contribution >= 0.6 is 0 Å². The molecule has 2 aliphatic rings. The number of nitrogens with one attached hydrogen (secondary N) is 2. The molecule has 6 heteroatoms. The van der Waals surface area contributed by atoms with Crippen molar-refractivity contribution in [2.45, 2.75) is 114 Å². The van der Waals surface area contributed by atoms with E-state index in [0.29, 0.717) is 30.3 Å². The predicted octanol–water partition coefficient (Wildman–Crippen LogP) is 6.17. The molecular formula is C23H40B2N2O2. The molecule has 0 saturated heterocycles. The minimum Gasteiger partial charge on any atom is -0.365 e. The van der Waals surface area contributed by atoms with E-state index in [-0.39, 0.29) is 11.6 Å². The van der Waals surface area contributed by atoms with Gasteiger partial charge < -0.3 is 10.6 Å². The molecule has 4 nitrogen and oxygen atoms in total. The fraction of sp³-hybridized carbons (Fsp3) is 0.826. The molecule has 2 amide bonds. The number of amides is 2. The van der Waals surface area contributed by atoms with Gasteiger partial charge in [-0.15, -0.1) is 0 Å². The quantitative estimate of drug-likeness (QED) is 0.480. The van der Waals surface area contributed by atoms with Gasteiger partial charge in [0.25, 0.3) is 0 Å². The predicted molar refractivity (Wildman–Crippen MR) is 124 cm³/mol. The van der Waals surface area contributed by atoms with Gasteiger partial charge in [-0.05, 0) is 0 Å². The van der Waals surface area contributed by atoms with Gasteiger partial charge in [-0.2, -0.15) is 0 Å². The lowest BCUT2D eigenvalue weighted by Crippen LogP contribution is -2.33. The lowest BCUT2D eigenvalue weighted by atomic mass is 9.59. The second-order valence-corrected chi connectivity index (χ2v) is 9.03. The maximum absolute atomic E-state index is 12.3. The molecule has 2 saturated carbocycles. The van der Waals surface area contributed by atoms with Crippen molar-refractivity contribution in [3.05, 3.63) is 12.3 Å². The second kappa shape index (κ2) is 14.7. The summed E-state index contributed by atoms with van der Waals surface area (Å²) < 4.78 is 0. The van der Waals surface area contributed by atoms with Crippen LogP contribution in [-0.4, -0.2) is 32.7 Å². The van der Waals surface area contributed by atoms with Crippen molar-refractivity contribution in [1.29, 1.82) is 0 Å². The Kier molecular flexibility index (Phi) is 12.2. The summed E-state index contributed by atoms with van der Waals surface area (Å²) in [5.41, 5.74) is 0.681. The molecule has 2 rings (SSSR count). The Morgan fingerprint density at radius 2 is 1.10 bits per heavy atom. The lowest BCUT2D eigenvalue weighted by molar-refractivity contribution is 0.258. The van der Waals surface area contributed by atoms with Crippen molar-refractivity contribution in [2.24, 2.45) is 0 Å². The summed E-state index contributed by atoms with van der Waals surface area (Å²) in [6.45, 7) is 4.48. The maximum atomic E-state index is 12.3. The maximum Gasteiger partial charge on any atom is 0.236 e. The third-order valence-electron chi connectivity index (χ3n) is 6.35. The molecular weight excluding hydrogens is 358 g/mol. The van der Waals surface area contributed by atoms with Crippen molar-refractivity contribution >= 4 is 26.2 Å². The SMILES string of the molecule is C=C(CCNC(=O)[B]C1CCCCCCC1)NC(=O)[B]C1CCCCCCCC1. The van der Waals surface area contributed by atoms with Gasteiger partial charge in [0.15, 0.2) is 11.6 Å². The van der Waals surface area contributed by atoms with Crippen LogP contribution in [0.2, 0.25) is 11.6 Å². The molecule has 0 aromatic rings. The summed E-state index contributed by atoms with van der Waals surface area (Å²) in [7, 11) is 3.73. The van der Waals surface area contributed by atoms with E-state index in [0.717, 1.165) is 25.7 Å². The first-order chi connectivity index (χ1) is 14.1. The molecule has 0 heterocycles. The first-order valence-electron chi connectivity index (χ1n) is 12.1. The van der Waals surface area contributed by atoms with E-state index in [9.17, 15) is 9.59 Å². The Labute approximate surface area is 179 Å². The summed E-state index contributed by atoms with van der Waals surface area (Å²) in [5.74, 6) is 0.790. The Balaban J connectivity index is 1.57. The van der Waals surface area contributed by atoms with E-state index in [4.69, 9.17) is 0 Å². The van der Waals surface area contributed by atoms with Crippen LogP contribution in [0.15, 0.2) is 12.3 Å². The molecule has 0 aliphatic heterocycles. The number of carbonyl (C=O) groups excluding carboxylic acids is 2. The topological polar surface area (TPSA) is 58.2 Å². The summed E-state index contributed by atoms with van der Waals surface area (Å²) in [6.07, 6.45) is 19.2. The highest BCUT2D eigenvalue weighted by molar-refractivity contribution is 6.75. The molecule has 2 fully saturated rings. The number of rotatable bonds is 8. The summed E-state index contributed by atoms with van der Waals surface area (Å²) in [5, 5.41) is 5.86. The zero-order valence-corrected chi connectivity index (χ0v) is 18.4. The lowest BCUT2D eigenvalue weighted by Gasteiger charge is -2.18. The van der Waals surface area contributed by atoms with Crippen molar-refractivity contribution in [3.8, 4) is 0 Å². The van der Waals surface area contributed by atoms with E-state index in [1.165, 1.54) is 70.6 Å². The monoisotopic (exact) mass is 398 g/mol. The number of carbonyl (C=O) groups is 2. The van der Waals surface area contributed by atoms with Crippen LogP contribution in [0.3, 0.4) is 0 Å². The molecule has 0 unspecified atom stereocenters. The van der Waals surface area contributed by atoms with E-state index in [1.54, 1.807) is 0 Å². The fourth-order valence-corrected chi connectivity index (χ4v) is 4.59. The molecule has 0 atom stereocenters. The van der Waals surface area contributed by atoms with Gasteiger partial charge in [-0.3, -0.25) is 9.59 Å². The molecule has 0 spiro atoms. The van der Waals surface area contributed by atoms with Gasteiger partial charge in [0.1, 0.15) is 0 Å². The van der Waals surface area contributed by atoms with Crippen molar-refractivity contribution in [3.63, 3.8) is 0 Å². The number of hydrogen-bond acceptors (Lipinski definition) is 2. The molecule has 2 radical (unpaired) electrons. The minimum absolute atomic E-state index is 0.0202. The summed E-state index contributed by atoms with van der Waals surface area (Å²) in [6, 6.07) is 0. The summed E-state index contributed by atoms with van der Waals surface area (Å²) in [4.78, 5) is 24.5. The molecule has 0 aromatic heterocycles. The highest BCUT2D eigenvalue weighted by atomic mass is 16.1. The number of hydrogen-bond donors (Lipinski definition) is 2. The Morgan fingerprint density at radius 1 is 0.690 bits per heavy atom. The van der Waals surface area contributed by atoms with Crippen molar-refractivity contribution < 1.29 is 9.59 Å². The van der Waals surface area contributed by atoms with Gasteiger partial charge in [0, 0.05) is 18.7 Å². The average molecular weight is 398 g/mol. The first-order valence-corrected chi connectivity index (χ1v) is 12.1. The van der Waals surface area contributed by atoms with Gasteiger partial charge >= 0.3 is 0 Å². The molecule has 0 aromatic carbocycles. The normalized spacial score (nSPS) is 20.1. The van der Waals surface area contributed by atoms with Crippen LogP contribution in [0.5, 0.6) is 0 Å². The zero-order valence-electron chi connectivity index (χ0n) is 18.4. The van der Waals surface area contributed by atoms with E-state index in [2.05, 4.69) is 17.2 Å². The zero-order chi connectivity index (χ0) is 20.7. The molecule has 29 heavy (non-hydrogen) atoms. The Bertz CT molecular complexity index is 495. The van der Waals surface area contributed by atoms with Gasteiger partial charge in [0.05, 0.1) is 0 Å². The first kappa shape index (κ1) is 24.1. The summed E-state index contributed by atoms with van der Waals surface area (Å²) >= 11 is 0. The van der Waals surface area contributed by atoms with E-state index >= 15 is 0 Å². The van der Waals surface area contributed by atoms with Crippen LogP contribution in [-0.2, 0) is 0 Å². The third-order valence-corrected chi connectivity index (χ3v) is 6.35.